The molecule has 110 valence electrons. The van der Waals surface area contributed by atoms with Crippen LogP contribution in [-0.4, -0.2) is 33.6 Å². The normalized spacial score (nSPS) is 41.5. The predicted octanol–water partition coefficient (Wildman–Crippen LogP) is 2.20. The van der Waals surface area contributed by atoms with E-state index >= 15 is 0 Å². The Kier molecular flexibility index (Phi) is 4.07. The van der Waals surface area contributed by atoms with Crippen LogP contribution in [0.15, 0.2) is 12.2 Å². The van der Waals surface area contributed by atoms with Gasteiger partial charge >= 0.3 is 0 Å². The molecule has 4 heteroatoms. The van der Waals surface area contributed by atoms with Crippen LogP contribution >= 0.6 is 0 Å². The summed E-state index contributed by atoms with van der Waals surface area (Å²) in [6.07, 6.45) is 6.00. The second-order valence-electron chi connectivity index (χ2n) is 6.85. The monoisotopic (exact) mass is 270 g/mol. The lowest BCUT2D eigenvalue weighted by atomic mass is 9.72. The van der Waals surface area contributed by atoms with Crippen molar-refractivity contribution in [1.82, 2.24) is 0 Å². The summed E-state index contributed by atoms with van der Waals surface area (Å²) in [7, 11) is 0. The predicted molar refractivity (Wildman–Crippen MR) is 72.3 cm³/mol. The lowest BCUT2D eigenvalue weighted by Crippen LogP contribution is -2.49. The fourth-order valence-corrected chi connectivity index (χ4v) is 2.85. The summed E-state index contributed by atoms with van der Waals surface area (Å²) in [4.78, 5) is 11.1. The van der Waals surface area contributed by atoms with Crippen LogP contribution in [0.2, 0.25) is 0 Å². The summed E-state index contributed by atoms with van der Waals surface area (Å²) in [5.74, 6) is 0.958. The van der Waals surface area contributed by atoms with Gasteiger partial charge < -0.3 is 10.2 Å². The maximum atomic E-state index is 9.86. The maximum absolute atomic E-state index is 9.86. The highest BCUT2D eigenvalue weighted by Crippen LogP contribution is 2.44. The third-order valence-electron chi connectivity index (χ3n) is 4.62. The Labute approximate surface area is 115 Å². The van der Waals surface area contributed by atoms with Gasteiger partial charge in [0.05, 0.1) is 11.7 Å². The minimum Gasteiger partial charge on any atom is -0.387 e. The fourth-order valence-electron chi connectivity index (χ4n) is 2.85. The standard InChI is InChI=1S/C15H26O4/c1-10-5-6-11-9-12(10)18-19-15(11,4)8-7-13(16)14(2,3)17/h7-8,10-13,16-17H,5-6,9H2,1-4H3/b8-7+/t10-,11+,12+,13+,15-/m1/s1. The van der Waals surface area contributed by atoms with Crippen molar-refractivity contribution >= 4 is 0 Å². The molecule has 1 saturated heterocycles. The minimum absolute atomic E-state index is 0.194. The highest BCUT2D eigenvalue weighted by Gasteiger charge is 2.45. The average molecular weight is 270 g/mol. The Morgan fingerprint density at radius 2 is 2.05 bits per heavy atom. The van der Waals surface area contributed by atoms with Gasteiger partial charge in [-0.05, 0) is 51.9 Å². The first-order valence-corrected chi connectivity index (χ1v) is 7.16. The number of fused-ring (bicyclic) bond motifs is 2. The number of hydrogen-bond donors (Lipinski definition) is 2. The van der Waals surface area contributed by atoms with Crippen molar-refractivity contribution in [3.8, 4) is 0 Å². The van der Waals surface area contributed by atoms with E-state index in [0.29, 0.717) is 11.8 Å². The van der Waals surface area contributed by atoms with E-state index in [1.54, 1.807) is 19.9 Å². The third-order valence-corrected chi connectivity index (χ3v) is 4.62. The molecular weight excluding hydrogens is 244 g/mol. The highest BCUT2D eigenvalue weighted by atomic mass is 17.2. The minimum atomic E-state index is -1.15. The summed E-state index contributed by atoms with van der Waals surface area (Å²) >= 11 is 0. The van der Waals surface area contributed by atoms with Crippen LogP contribution in [-0.2, 0) is 9.78 Å². The Morgan fingerprint density at radius 1 is 1.37 bits per heavy atom. The second kappa shape index (κ2) is 5.17. The van der Waals surface area contributed by atoms with Crippen LogP contribution in [0.1, 0.15) is 47.0 Å². The summed E-state index contributed by atoms with van der Waals surface area (Å²) in [5, 5.41) is 19.6. The molecule has 0 aromatic rings. The van der Waals surface area contributed by atoms with Gasteiger partial charge in [0.25, 0.3) is 0 Å². The van der Waals surface area contributed by atoms with Crippen LogP contribution in [0, 0.1) is 11.8 Å². The largest absolute Gasteiger partial charge is 0.387 e. The zero-order valence-corrected chi connectivity index (χ0v) is 12.3. The summed E-state index contributed by atoms with van der Waals surface area (Å²) in [6, 6.07) is 0. The highest BCUT2D eigenvalue weighted by molar-refractivity contribution is 5.09. The molecule has 0 radical (unpaired) electrons. The number of aliphatic hydroxyl groups excluding tert-OH is 1. The Bertz CT molecular complexity index is 347. The van der Waals surface area contributed by atoms with Gasteiger partial charge in [0.1, 0.15) is 11.7 Å². The van der Waals surface area contributed by atoms with Gasteiger partial charge in [0, 0.05) is 0 Å². The summed E-state index contributed by atoms with van der Waals surface area (Å²) in [5.41, 5.74) is -1.66. The van der Waals surface area contributed by atoms with Crippen LogP contribution in [0.25, 0.3) is 0 Å². The number of hydrogen-bond acceptors (Lipinski definition) is 4. The lowest BCUT2D eigenvalue weighted by Gasteiger charge is -2.46. The van der Waals surface area contributed by atoms with Crippen molar-refractivity contribution in [3.63, 3.8) is 0 Å². The Balaban J connectivity index is 2.05. The first-order valence-electron chi connectivity index (χ1n) is 7.16. The quantitative estimate of drug-likeness (QED) is 0.610. The third kappa shape index (κ3) is 3.19. The molecule has 5 atom stereocenters. The van der Waals surface area contributed by atoms with Gasteiger partial charge in [-0.25, -0.2) is 9.78 Å². The van der Waals surface area contributed by atoms with Crippen LogP contribution < -0.4 is 0 Å². The Morgan fingerprint density at radius 3 is 2.68 bits per heavy atom. The summed E-state index contributed by atoms with van der Waals surface area (Å²) in [6.45, 7) is 7.35. The van der Waals surface area contributed by atoms with E-state index in [1.807, 2.05) is 13.0 Å². The summed E-state index contributed by atoms with van der Waals surface area (Å²) < 4.78 is 0. The van der Waals surface area contributed by atoms with Crippen molar-refractivity contribution in [2.75, 3.05) is 0 Å². The van der Waals surface area contributed by atoms with Gasteiger partial charge in [-0.15, -0.1) is 0 Å². The molecule has 1 aliphatic carbocycles. The van der Waals surface area contributed by atoms with Crippen molar-refractivity contribution in [2.45, 2.75) is 70.4 Å². The van der Waals surface area contributed by atoms with Gasteiger partial charge in [-0.2, -0.15) is 0 Å². The molecule has 0 aromatic carbocycles. The van der Waals surface area contributed by atoms with Crippen molar-refractivity contribution in [3.05, 3.63) is 12.2 Å². The van der Waals surface area contributed by atoms with Crippen LogP contribution in [0.5, 0.6) is 0 Å². The van der Waals surface area contributed by atoms with E-state index in [2.05, 4.69) is 6.92 Å². The molecule has 2 bridgehead atoms. The van der Waals surface area contributed by atoms with E-state index in [0.717, 1.165) is 19.3 Å². The molecule has 0 spiro atoms. The molecule has 0 amide bonds. The van der Waals surface area contributed by atoms with Crippen molar-refractivity contribution in [2.24, 2.45) is 11.8 Å². The molecule has 0 aromatic heterocycles. The first kappa shape index (κ1) is 15.0. The van der Waals surface area contributed by atoms with Gasteiger partial charge in [-0.3, -0.25) is 0 Å². The molecule has 2 rings (SSSR count). The molecule has 1 saturated carbocycles. The van der Waals surface area contributed by atoms with E-state index in [9.17, 15) is 10.2 Å². The fraction of sp³-hybridized carbons (Fsp3) is 0.867. The first-order chi connectivity index (χ1) is 8.72. The zero-order valence-electron chi connectivity index (χ0n) is 12.3. The SMILES string of the molecule is C[C@@H]1CC[C@H]2C[C@@H]1OO[C@]2(C)/C=C/[C@H](O)C(C)(C)O. The van der Waals surface area contributed by atoms with Crippen LogP contribution in [0.3, 0.4) is 0 Å². The van der Waals surface area contributed by atoms with Crippen molar-refractivity contribution in [1.29, 1.82) is 0 Å². The molecule has 2 aliphatic rings. The molecule has 4 nitrogen and oxygen atoms in total. The molecule has 1 aliphatic heterocycles. The topological polar surface area (TPSA) is 58.9 Å². The zero-order chi connectivity index (χ0) is 14.3. The van der Waals surface area contributed by atoms with Crippen molar-refractivity contribution < 1.29 is 20.0 Å². The van der Waals surface area contributed by atoms with Gasteiger partial charge in [-0.1, -0.05) is 19.1 Å². The molecule has 0 unspecified atom stereocenters. The average Bonchev–Trinajstić information content (AvgIpc) is 2.33. The molecular formula is C15H26O4. The van der Waals surface area contributed by atoms with Gasteiger partial charge in [0.2, 0.25) is 0 Å². The second-order valence-corrected chi connectivity index (χ2v) is 6.85. The maximum Gasteiger partial charge on any atom is 0.122 e. The smallest absolute Gasteiger partial charge is 0.122 e. The van der Waals surface area contributed by atoms with E-state index < -0.39 is 17.3 Å². The van der Waals surface area contributed by atoms with E-state index in [4.69, 9.17) is 9.78 Å². The Hall–Kier alpha value is -0.420. The molecule has 1 heterocycles. The molecule has 2 N–H and O–H groups in total. The van der Waals surface area contributed by atoms with Crippen LogP contribution in [0.4, 0.5) is 0 Å². The van der Waals surface area contributed by atoms with Gasteiger partial charge in [0.15, 0.2) is 0 Å². The lowest BCUT2D eigenvalue weighted by molar-refractivity contribution is -0.421. The van der Waals surface area contributed by atoms with E-state index in [1.165, 1.54) is 0 Å². The molecule has 2 fully saturated rings. The molecule has 19 heavy (non-hydrogen) atoms. The van der Waals surface area contributed by atoms with E-state index in [-0.39, 0.29) is 6.10 Å². The number of aliphatic hydroxyl groups is 2. The number of rotatable bonds is 3.